The lowest BCUT2D eigenvalue weighted by Crippen LogP contribution is -2.11. The topological polar surface area (TPSA) is 69.6 Å². The predicted octanol–water partition coefficient (Wildman–Crippen LogP) is 1.88. The number of hydrogen-bond acceptors (Lipinski definition) is 5. The van der Waals surface area contributed by atoms with Gasteiger partial charge < -0.3 is 15.5 Å². The third kappa shape index (κ3) is 4.08. The van der Waals surface area contributed by atoms with E-state index in [1.165, 1.54) is 12.1 Å². The van der Waals surface area contributed by atoms with Crippen molar-refractivity contribution in [3.8, 4) is 11.5 Å². The summed E-state index contributed by atoms with van der Waals surface area (Å²) in [6, 6.07) is 4.30. The van der Waals surface area contributed by atoms with Gasteiger partial charge in [-0.3, -0.25) is 4.79 Å². The number of phenolic OH excluding ortho intramolecular Hbond substituents is 2. The summed E-state index contributed by atoms with van der Waals surface area (Å²) in [6.45, 7) is 0. The summed E-state index contributed by atoms with van der Waals surface area (Å²) < 4.78 is 0.478. The van der Waals surface area contributed by atoms with Gasteiger partial charge in [-0.1, -0.05) is 30.0 Å². The molecule has 0 fully saturated rings. The highest BCUT2D eigenvalue weighted by atomic mass is 32.2. The van der Waals surface area contributed by atoms with Crippen LogP contribution in [-0.4, -0.2) is 27.9 Å². The SMILES string of the molecule is CNC(=S)S/C(C=O)=C/c1ccc(O)c(O)c1. The van der Waals surface area contributed by atoms with Gasteiger partial charge in [-0.05, 0) is 23.8 Å². The Morgan fingerprint density at radius 2 is 2.12 bits per heavy atom. The van der Waals surface area contributed by atoms with Crippen molar-refractivity contribution in [3.05, 3.63) is 28.7 Å². The minimum absolute atomic E-state index is 0.201. The maximum atomic E-state index is 10.8. The number of nitrogens with one attached hydrogen (secondary N) is 1. The Bertz CT molecular complexity index is 472. The third-order valence-corrected chi connectivity index (χ3v) is 3.13. The van der Waals surface area contributed by atoms with E-state index in [1.54, 1.807) is 19.2 Å². The number of aldehydes is 1. The summed E-state index contributed by atoms with van der Waals surface area (Å²) in [5, 5.41) is 21.2. The number of allylic oxidation sites excluding steroid dienone is 1. The lowest BCUT2D eigenvalue weighted by molar-refractivity contribution is -0.104. The van der Waals surface area contributed by atoms with E-state index in [-0.39, 0.29) is 11.5 Å². The number of carbonyl (C=O) groups excluding carboxylic acids is 1. The highest BCUT2D eigenvalue weighted by molar-refractivity contribution is 8.26. The Kier molecular flexibility index (Phi) is 4.99. The molecule has 4 nitrogen and oxygen atoms in total. The van der Waals surface area contributed by atoms with Gasteiger partial charge in [0.2, 0.25) is 0 Å². The molecule has 17 heavy (non-hydrogen) atoms. The molecular weight excluding hydrogens is 258 g/mol. The molecule has 0 amide bonds. The Hall–Kier alpha value is -1.53. The molecule has 0 atom stereocenters. The van der Waals surface area contributed by atoms with E-state index in [2.05, 4.69) is 5.32 Å². The molecule has 0 unspecified atom stereocenters. The normalized spacial score (nSPS) is 11.0. The van der Waals surface area contributed by atoms with Gasteiger partial charge >= 0.3 is 0 Å². The first kappa shape index (κ1) is 13.5. The average molecular weight is 269 g/mol. The van der Waals surface area contributed by atoms with Crippen LogP contribution >= 0.6 is 24.0 Å². The molecule has 0 heterocycles. The number of aromatic hydroxyl groups is 2. The van der Waals surface area contributed by atoms with Crippen LogP contribution in [0.25, 0.3) is 6.08 Å². The molecular formula is C11H11NO3S2. The fourth-order valence-corrected chi connectivity index (χ4v) is 1.89. The van der Waals surface area contributed by atoms with Crippen molar-refractivity contribution >= 4 is 40.7 Å². The van der Waals surface area contributed by atoms with Gasteiger partial charge in [-0.15, -0.1) is 0 Å². The number of carbonyl (C=O) groups is 1. The highest BCUT2D eigenvalue weighted by Crippen LogP contribution is 2.27. The van der Waals surface area contributed by atoms with Gasteiger partial charge in [0.25, 0.3) is 0 Å². The van der Waals surface area contributed by atoms with Crippen molar-refractivity contribution in [2.75, 3.05) is 7.05 Å². The fourth-order valence-electron chi connectivity index (χ4n) is 1.04. The van der Waals surface area contributed by atoms with Crippen LogP contribution in [-0.2, 0) is 4.79 Å². The summed E-state index contributed by atoms with van der Waals surface area (Å²) in [7, 11) is 1.67. The Labute approximate surface area is 108 Å². The average Bonchev–Trinajstić information content (AvgIpc) is 2.32. The van der Waals surface area contributed by atoms with Crippen LogP contribution < -0.4 is 5.32 Å². The molecule has 90 valence electrons. The summed E-state index contributed by atoms with van der Waals surface area (Å²) in [6.07, 6.45) is 2.25. The van der Waals surface area contributed by atoms with Crippen molar-refractivity contribution in [3.63, 3.8) is 0 Å². The Morgan fingerprint density at radius 3 is 2.65 bits per heavy atom. The number of thioether (sulfide) groups is 1. The summed E-state index contributed by atoms with van der Waals surface area (Å²) >= 11 is 6.04. The smallest absolute Gasteiger partial charge is 0.157 e. The zero-order valence-corrected chi connectivity index (χ0v) is 10.6. The van der Waals surface area contributed by atoms with E-state index >= 15 is 0 Å². The monoisotopic (exact) mass is 269 g/mol. The minimum Gasteiger partial charge on any atom is -0.504 e. The number of rotatable bonds is 3. The molecule has 6 heteroatoms. The molecule has 0 aliphatic carbocycles. The van der Waals surface area contributed by atoms with Crippen molar-refractivity contribution < 1.29 is 15.0 Å². The van der Waals surface area contributed by atoms with Gasteiger partial charge in [0, 0.05) is 7.05 Å². The molecule has 1 aromatic carbocycles. The largest absolute Gasteiger partial charge is 0.504 e. The second-order valence-electron chi connectivity index (χ2n) is 3.05. The lowest BCUT2D eigenvalue weighted by Gasteiger charge is -2.02. The van der Waals surface area contributed by atoms with E-state index in [9.17, 15) is 9.90 Å². The lowest BCUT2D eigenvalue weighted by atomic mass is 10.2. The molecule has 1 rings (SSSR count). The van der Waals surface area contributed by atoms with Gasteiger partial charge in [-0.25, -0.2) is 0 Å². The maximum absolute atomic E-state index is 10.8. The zero-order valence-electron chi connectivity index (χ0n) is 9.01. The molecule has 0 aromatic heterocycles. The molecule has 3 N–H and O–H groups in total. The summed E-state index contributed by atoms with van der Waals surface area (Å²) in [4.78, 5) is 11.2. The molecule has 0 saturated heterocycles. The number of thiocarbonyl (C=S) groups is 1. The van der Waals surface area contributed by atoms with E-state index in [0.717, 1.165) is 11.8 Å². The molecule has 0 saturated carbocycles. The van der Waals surface area contributed by atoms with E-state index in [0.29, 0.717) is 21.1 Å². The first-order valence-electron chi connectivity index (χ1n) is 4.65. The van der Waals surface area contributed by atoms with Crippen LogP contribution in [0.3, 0.4) is 0 Å². The first-order valence-corrected chi connectivity index (χ1v) is 5.87. The van der Waals surface area contributed by atoms with E-state index in [1.807, 2.05) is 0 Å². The van der Waals surface area contributed by atoms with Gasteiger partial charge in [0.05, 0.1) is 4.91 Å². The van der Waals surface area contributed by atoms with Crippen molar-refractivity contribution in [2.24, 2.45) is 0 Å². The van der Waals surface area contributed by atoms with Crippen LogP contribution in [0, 0.1) is 0 Å². The van der Waals surface area contributed by atoms with Crippen LogP contribution in [0.2, 0.25) is 0 Å². The van der Waals surface area contributed by atoms with E-state index in [4.69, 9.17) is 17.3 Å². The van der Waals surface area contributed by atoms with E-state index < -0.39 is 0 Å². The first-order chi connectivity index (χ1) is 8.06. The second-order valence-corrected chi connectivity index (χ2v) is 4.80. The number of benzene rings is 1. The molecule has 1 aromatic rings. The van der Waals surface area contributed by atoms with Crippen LogP contribution in [0.15, 0.2) is 23.1 Å². The Balaban J connectivity index is 2.94. The molecule has 0 aliphatic heterocycles. The zero-order chi connectivity index (χ0) is 12.8. The van der Waals surface area contributed by atoms with Crippen molar-refractivity contribution in [2.45, 2.75) is 0 Å². The summed E-state index contributed by atoms with van der Waals surface area (Å²) in [5.74, 6) is -0.432. The Morgan fingerprint density at radius 1 is 1.41 bits per heavy atom. The highest BCUT2D eigenvalue weighted by Gasteiger charge is 2.03. The molecule has 0 spiro atoms. The third-order valence-electron chi connectivity index (χ3n) is 1.84. The van der Waals surface area contributed by atoms with Crippen molar-refractivity contribution in [1.82, 2.24) is 5.32 Å². The van der Waals surface area contributed by atoms with Crippen LogP contribution in [0.1, 0.15) is 5.56 Å². The molecule has 0 aliphatic rings. The minimum atomic E-state index is -0.231. The standard InChI is InChI=1S/C11H11NO3S2/c1-12-11(16)17-8(6-13)4-7-2-3-9(14)10(15)5-7/h2-6,14-15H,1H3,(H,12,16)/b8-4+. The van der Waals surface area contributed by atoms with Gasteiger partial charge in [0.1, 0.15) is 4.32 Å². The number of hydrogen-bond donors (Lipinski definition) is 3. The maximum Gasteiger partial charge on any atom is 0.157 e. The second kappa shape index (κ2) is 6.27. The summed E-state index contributed by atoms with van der Waals surface area (Å²) in [5.41, 5.74) is 0.605. The number of phenols is 2. The quantitative estimate of drug-likeness (QED) is 0.337. The molecule has 0 radical (unpaired) electrons. The fraction of sp³-hybridized carbons (Fsp3) is 0.0909. The van der Waals surface area contributed by atoms with Crippen molar-refractivity contribution in [1.29, 1.82) is 0 Å². The van der Waals surface area contributed by atoms with Gasteiger partial charge in [0.15, 0.2) is 17.8 Å². The van der Waals surface area contributed by atoms with Crippen LogP contribution in [0.4, 0.5) is 0 Å². The predicted molar refractivity (Wildman–Crippen MR) is 73.1 cm³/mol. The van der Waals surface area contributed by atoms with Gasteiger partial charge in [-0.2, -0.15) is 0 Å². The molecule has 0 bridgehead atoms. The van der Waals surface area contributed by atoms with Crippen LogP contribution in [0.5, 0.6) is 11.5 Å².